The zero-order valence-corrected chi connectivity index (χ0v) is 10.6. The summed E-state index contributed by atoms with van der Waals surface area (Å²) in [6, 6.07) is 5.51. The quantitative estimate of drug-likeness (QED) is 0.943. The van der Waals surface area contributed by atoms with Crippen LogP contribution in [0.1, 0.15) is 6.92 Å². The van der Waals surface area contributed by atoms with Gasteiger partial charge in [-0.3, -0.25) is 0 Å². The van der Waals surface area contributed by atoms with Crippen LogP contribution in [0.15, 0.2) is 28.9 Å². The molecule has 0 aliphatic heterocycles. The first kappa shape index (κ1) is 12.2. The molecular weight excluding hydrogens is 292 g/mol. The second-order valence-corrected chi connectivity index (χ2v) is 4.64. The van der Waals surface area contributed by atoms with E-state index < -0.39 is 12.5 Å². The lowest BCUT2D eigenvalue weighted by Gasteiger charge is -2.11. The van der Waals surface area contributed by atoms with Crippen LogP contribution >= 0.6 is 15.9 Å². The van der Waals surface area contributed by atoms with E-state index in [-0.39, 0.29) is 5.95 Å². The van der Waals surface area contributed by atoms with Crippen molar-refractivity contribution in [3.8, 4) is 0 Å². The van der Waals surface area contributed by atoms with Gasteiger partial charge in [-0.15, -0.1) is 0 Å². The maximum Gasteiger partial charge on any atom is 0.262 e. The van der Waals surface area contributed by atoms with E-state index in [1.807, 2.05) is 12.1 Å². The zero-order valence-electron chi connectivity index (χ0n) is 9.04. The Morgan fingerprint density at radius 2 is 2.18 bits per heavy atom. The third-order valence-corrected chi connectivity index (χ3v) is 2.82. The zero-order chi connectivity index (χ0) is 12.5. The van der Waals surface area contributed by atoms with Crippen LogP contribution in [0.4, 0.5) is 14.7 Å². The molecule has 3 nitrogen and oxygen atoms in total. The summed E-state index contributed by atoms with van der Waals surface area (Å²) in [5, 5.41) is 3.36. The molecule has 1 heterocycles. The van der Waals surface area contributed by atoms with Gasteiger partial charge in [0.2, 0.25) is 5.95 Å². The summed E-state index contributed by atoms with van der Waals surface area (Å²) in [5.74, 6) is -2.58. The van der Waals surface area contributed by atoms with Crippen molar-refractivity contribution < 1.29 is 8.78 Å². The summed E-state index contributed by atoms with van der Waals surface area (Å²) in [7, 11) is 0. The topological polar surface area (TPSA) is 37.8 Å². The fraction of sp³-hybridized carbons (Fsp3) is 0.273. The van der Waals surface area contributed by atoms with E-state index in [4.69, 9.17) is 0 Å². The van der Waals surface area contributed by atoms with Crippen LogP contribution in [0, 0.1) is 0 Å². The lowest BCUT2D eigenvalue weighted by atomic mass is 10.2. The smallest absolute Gasteiger partial charge is 0.262 e. The first-order chi connectivity index (χ1) is 7.96. The molecule has 6 heteroatoms. The first-order valence-electron chi connectivity index (χ1n) is 4.99. The molecule has 1 N–H and O–H groups in total. The molecule has 2 aromatic rings. The van der Waals surface area contributed by atoms with Crippen LogP contribution < -0.4 is 5.32 Å². The highest BCUT2D eigenvalue weighted by molar-refractivity contribution is 9.10. The molecule has 0 fully saturated rings. The van der Waals surface area contributed by atoms with Gasteiger partial charge in [-0.25, -0.2) is 18.7 Å². The number of fused-ring (bicyclic) bond motifs is 1. The monoisotopic (exact) mass is 301 g/mol. The second-order valence-electron chi connectivity index (χ2n) is 3.79. The number of halogens is 3. The van der Waals surface area contributed by atoms with Crippen LogP contribution in [0.3, 0.4) is 0 Å². The maximum absolute atomic E-state index is 12.7. The van der Waals surface area contributed by atoms with Crippen LogP contribution in [-0.2, 0) is 0 Å². The van der Waals surface area contributed by atoms with E-state index in [0.717, 1.165) is 16.8 Å². The SMILES string of the molecule is CC(F)(F)CNc1ncc2c(Br)cccc2n1. The normalized spacial score (nSPS) is 11.8. The Labute approximate surface area is 105 Å². The molecular formula is C11H10BrF2N3. The van der Waals surface area contributed by atoms with Crippen molar-refractivity contribution in [3.63, 3.8) is 0 Å². The number of alkyl halides is 2. The number of nitrogens with one attached hydrogen (secondary N) is 1. The highest BCUT2D eigenvalue weighted by Crippen LogP contribution is 2.22. The Bertz CT molecular complexity index is 540. The van der Waals surface area contributed by atoms with Crippen molar-refractivity contribution in [1.82, 2.24) is 9.97 Å². The first-order valence-corrected chi connectivity index (χ1v) is 5.78. The number of benzene rings is 1. The fourth-order valence-electron chi connectivity index (χ4n) is 1.34. The highest BCUT2D eigenvalue weighted by atomic mass is 79.9. The molecule has 0 unspecified atom stereocenters. The molecule has 0 amide bonds. The predicted molar refractivity (Wildman–Crippen MR) is 66.3 cm³/mol. The number of aromatic nitrogens is 2. The molecule has 0 aliphatic carbocycles. The number of hydrogen-bond acceptors (Lipinski definition) is 3. The molecule has 0 atom stereocenters. The Balaban J connectivity index is 2.26. The van der Waals surface area contributed by atoms with Crippen LogP contribution in [0.25, 0.3) is 10.9 Å². The van der Waals surface area contributed by atoms with Crippen molar-refractivity contribution >= 4 is 32.8 Å². The number of hydrogen-bond donors (Lipinski definition) is 1. The lowest BCUT2D eigenvalue weighted by Crippen LogP contribution is -2.23. The van der Waals surface area contributed by atoms with Gasteiger partial charge in [-0.1, -0.05) is 22.0 Å². The summed E-state index contributed by atoms with van der Waals surface area (Å²) in [6.45, 7) is 0.365. The minimum atomic E-state index is -2.78. The van der Waals surface area contributed by atoms with E-state index in [9.17, 15) is 8.78 Å². The number of rotatable bonds is 3. The van der Waals surface area contributed by atoms with Crippen molar-refractivity contribution in [2.45, 2.75) is 12.8 Å². The summed E-state index contributed by atoms with van der Waals surface area (Å²) in [5.41, 5.74) is 0.705. The van der Waals surface area contributed by atoms with E-state index >= 15 is 0 Å². The standard InChI is InChI=1S/C11H10BrF2N3/c1-11(13,14)6-16-10-15-5-7-8(12)3-2-4-9(7)17-10/h2-5H,6H2,1H3,(H,15,16,17). The molecule has 2 rings (SSSR count). The van der Waals surface area contributed by atoms with Gasteiger partial charge in [0.1, 0.15) is 0 Å². The van der Waals surface area contributed by atoms with Gasteiger partial charge in [0.25, 0.3) is 5.92 Å². The molecule has 0 radical (unpaired) electrons. The van der Waals surface area contributed by atoms with Crippen molar-refractivity contribution in [2.24, 2.45) is 0 Å². The lowest BCUT2D eigenvalue weighted by molar-refractivity contribution is 0.0366. The molecule has 1 aromatic heterocycles. The predicted octanol–water partition coefficient (Wildman–Crippen LogP) is 3.46. The summed E-state index contributed by atoms with van der Waals surface area (Å²) >= 11 is 3.37. The molecule has 0 bridgehead atoms. The van der Waals surface area contributed by atoms with Gasteiger partial charge in [-0.2, -0.15) is 0 Å². The fourth-order valence-corrected chi connectivity index (χ4v) is 1.80. The molecule has 0 saturated heterocycles. The van der Waals surface area contributed by atoms with Crippen LogP contribution in [-0.4, -0.2) is 22.4 Å². The molecule has 0 spiro atoms. The van der Waals surface area contributed by atoms with Gasteiger partial charge in [0.05, 0.1) is 12.1 Å². The largest absolute Gasteiger partial charge is 0.348 e. The third-order valence-electron chi connectivity index (χ3n) is 2.13. The molecule has 17 heavy (non-hydrogen) atoms. The van der Waals surface area contributed by atoms with Gasteiger partial charge < -0.3 is 5.32 Å². The Morgan fingerprint density at radius 1 is 1.41 bits per heavy atom. The minimum Gasteiger partial charge on any atom is -0.348 e. The van der Waals surface area contributed by atoms with Gasteiger partial charge in [0.15, 0.2) is 0 Å². The summed E-state index contributed by atoms with van der Waals surface area (Å²) in [6.07, 6.45) is 1.60. The summed E-state index contributed by atoms with van der Waals surface area (Å²) in [4.78, 5) is 8.14. The minimum absolute atomic E-state index is 0.206. The van der Waals surface area contributed by atoms with E-state index in [2.05, 4.69) is 31.2 Å². The molecule has 1 aromatic carbocycles. The van der Waals surface area contributed by atoms with E-state index in [0.29, 0.717) is 5.52 Å². The highest BCUT2D eigenvalue weighted by Gasteiger charge is 2.20. The maximum atomic E-state index is 12.7. The Hall–Kier alpha value is -1.30. The average molecular weight is 302 g/mol. The Kier molecular flexibility index (Phi) is 3.24. The van der Waals surface area contributed by atoms with Crippen LogP contribution in [0.5, 0.6) is 0 Å². The summed E-state index contributed by atoms with van der Waals surface area (Å²) < 4.78 is 26.2. The van der Waals surface area contributed by atoms with E-state index in [1.165, 1.54) is 0 Å². The Morgan fingerprint density at radius 3 is 2.88 bits per heavy atom. The van der Waals surface area contributed by atoms with Crippen LogP contribution in [0.2, 0.25) is 0 Å². The average Bonchev–Trinajstić information content (AvgIpc) is 2.26. The molecule has 0 saturated carbocycles. The van der Waals surface area contributed by atoms with Crippen molar-refractivity contribution in [3.05, 3.63) is 28.9 Å². The molecule has 90 valence electrons. The number of nitrogens with zero attached hydrogens (tertiary/aromatic N) is 2. The molecule has 0 aliphatic rings. The van der Waals surface area contributed by atoms with Gasteiger partial charge in [-0.05, 0) is 12.1 Å². The van der Waals surface area contributed by atoms with Crippen molar-refractivity contribution in [2.75, 3.05) is 11.9 Å². The van der Waals surface area contributed by atoms with Gasteiger partial charge >= 0.3 is 0 Å². The third kappa shape index (κ3) is 3.09. The number of anilines is 1. The van der Waals surface area contributed by atoms with Crippen molar-refractivity contribution in [1.29, 1.82) is 0 Å². The van der Waals surface area contributed by atoms with E-state index in [1.54, 1.807) is 12.3 Å². The van der Waals surface area contributed by atoms with Gasteiger partial charge in [0, 0.05) is 23.0 Å². The second kappa shape index (κ2) is 4.52.